The zero-order chi connectivity index (χ0) is 12.3. The minimum absolute atomic E-state index is 0.753. The highest BCUT2D eigenvalue weighted by atomic mass is 14.9. The normalized spacial score (nSPS) is 23.1. The molecule has 2 unspecified atom stereocenters. The van der Waals surface area contributed by atoms with Crippen molar-refractivity contribution in [2.24, 2.45) is 11.8 Å². The van der Waals surface area contributed by atoms with Crippen molar-refractivity contribution in [3.8, 4) is 0 Å². The Morgan fingerprint density at radius 1 is 1.24 bits per heavy atom. The van der Waals surface area contributed by atoms with Gasteiger partial charge < -0.3 is 5.32 Å². The Morgan fingerprint density at radius 2 is 1.94 bits per heavy atom. The molecule has 1 heteroatoms. The highest BCUT2D eigenvalue weighted by molar-refractivity contribution is 5.29. The second-order valence-corrected chi connectivity index (χ2v) is 5.75. The Kier molecular flexibility index (Phi) is 4.22. The molecule has 1 saturated carbocycles. The van der Waals surface area contributed by atoms with Crippen molar-refractivity contribution in [2.45, 2.75) is 39.5 Å². The molecule has 2 atom stereocenters. The van der Waals surface area contributed by atoms with Gasteiger partial charge in [0.15, 0.2) is 0 Å². The maximum absolute atomic E-state index is 3.45. The third-order valence-corrected chi connectivity index (χ3v) is 3.63. The van der Waals surface area contributed by atoms with E-state index in [9.17, 15) is 0 Å². The van der Waals surface area contributed by atoms with Crippen LogP contribution in [0.5, 0.6) is 0 Å². The van der Waals surface area contributed by atoms with Crippen LogP contribution in [0.2, 0.25) is 0 Å². The highest BCUT2D eigenvalue weighted by Gasteiger charge is 2.37. The summed E-state index contributed by atoms with van der Waals surface area (Å²) in [5.74, 6) is 2.45. The van der Waals surface area contributed by atoms with Crippen molar-refractivity contribution >= 4 is 0 Å². The van der Waals surface area contributed by atoms with Crippen molar-refractivity contribution in [3.05, 3.63) is 35.4 Å². The minimum atomic E-state index is 0.753. The summed E-state index contributed by atoms with van der Waals surface area (Å²) in [4.78, 5) is 0. The molecule has 2 rings (SSSR count). The first-order valence-electron chi connectivity index (χ1n) is 7.00. The van der Waals surface area contributed by atoms with E-state index in [4.69, 9.17) is 0 Å². The molecule has 94 valence electrons. The fourth-order valence-corrected chi connectivity index (χ4v) is 2.58. The van der Waals surface area contributed by atoms with Gasteiger partial charge in [0.2, 0.25) is 0 Å². The first kappa shape index (κ1) is 12.6. The van der Waals surface area contributed by atoms with Crippen molar-refractivity contribution in [2.75, 3.05) is 13.1 Å². The third kappa shape index (κ3) is 3.57. The molecule has 1 aromatic carbocycles. The first-order valence-corrected chi connectivity index (χ1v) is 7.00. The summed E-state index contributed by atoms with van der Waals surface area (Å²) in [6, 6.07) is 9.32. The highest BCUT2D eigenvalue weighted by Crippen LogP contribution is 2.46. The Hall–Kier alpha value is -0.820. The summed E-state index contributed by atoms with van der Waals surface area (Å²) < 4.78 is 0. The van der Waals surface area contributed by atoms with E-state index >= 15 is 0 Å². The van der Waals surface area contributed by atoms with Gasteiger partial charge in [-0.2, -0.15) is 0 Å². The second kappa shape index (κ2) is 5.68. The maximum atomic E-state index is 3.45. The van der Waals surface area contributed by atoms with Crippen LogP contribution in [0, 0.1) is 11.8 Å². The van der Waals surface area contributed by atoms with Crippen molar-refractivity contribution in [1.82, 2.24) is 5.32 Å². The van der Waals surface area contributed by atoms with Gasteiger partial charge in [-0.15, -0.1) is 0 Å². The summed E-state index contributed by atoms with van der Waals surface area (Å²) in [7, 11) is 0. The first-order chi connectivity index (χ1) is 8.20. The molecular formula is C16H25N. The summed E-state index contributed by atoms with van der Waals surface area (Å²) in [6.45, 7) is 9.02. The molecule has 0 saturated heterocycles. The number of hydrogen-bond donors (Lipinski definition) is 1. The quantitative estimate of drug-likeness (QED) is 0.789. The Morgan fingerprint density at radius 3 is 2.53 bits per heavy atom. The van der Waals surface area contributed by atoms with Crippen LogP contribution in [0.4, 0.5) is 0 Å². The summed E-state index contributed by atoms with van der Waals surface area (Å²) in [5.41, 5.74) is 3.02. The van der Waals surface area contributed by atoms with E-state index in [-0.39, 0.29) is 0 Å². The average molecular weight is 231 g/mol. The Balaban J connectivity index is 1.87. The Bertz CT molecular complexity index is 339. The SMILES string of the molecule is CCNCC1CC1c1ccc(CC(C)C)cc1. The van der Waals surface area contributed by atoms with Crippen molar-refractivity contribution < 1.29 is 0 Å². The Labute approximate surface area is 106 Å². The molecule has 17 heavy (non-hydrogen) atoms. The lowest BCUT2D eigenvalue weighted by atomic mass is 10.00. The monoisotopic (exact) mass is 231 g/mol. The van der Waals surface area contributed by atoms with Gasteiger partial charge >= 0.3 is 0 Å². The standard InChI is InChI=1S/C16H25N/c1-4-17-11-15-10-16(15)14-7-5-13(6-8-14)9-12(2)3/h5-8,12,15-17H,4,9-11H2,1-3H3. The molecule has 0 heterocycles. The molecule has 1 aliphatic carbocycles. The van der Waals surface area contributed by atoms with Gasteiger partial charge in [-0.3, -0.25) is 0 Å². The van der Waals surface area contributed by atoms with Crippen molar-refractivity contribution in [3.63, 3.8) is 0 Å². The van der Waals surface area contributed by atoms with Crippen LogP contribution in [0.25, 0.3) is 0 Å². The molecular weight excluding hydrogens is 206 g/mol. The lowest BCUT2D eigenvalue weighted by molar-refractivity contribution is 0.645. The number of rotatable bonds is 6. The summed E-state index contributed by atoms with van der Waals surface area (Å²) >= 11 is 0. The predicted molar refractivity (Wildman–Crippen MR) is 74.4 cm³/mol. The third-order valence-electron chi connectivity index (χ3n) is 3.63. The van der Waals surface area contributed by atoms with Gasteiger partial charge in [0.1, 0.15) is 0 Å². The average Bonchev–Trinajstić information content (AvgIpc) is 3.06. The van der Waals surface area contributed by atoms with E-state index in [1.165, 1.54) is 24.9 Å². The van der Waals surface area contributed by atoms with Crippen LogP contribution in [0.3, 0.4) is 0 Å². The maximum Gasteiger partial charge on any atom is -0.00146 e. The lowest BCUT2D eigenvalue weighted by Gasteiger charge is -2.06. The van der Waals surface area contributed by atoms with E-state index in [2.05, 4.69) is 50.4 Å². The van der Waals surface area contributed by atoms with Gasteiger partial charge in [-0.1, -0.05) is 45.0 Å². The lowest BCUT2D eigenvalue weighted by Crippen LogP contribution is -2.16. The van der Waals surface area contributed by atoms with Crippen molar-refractivity contribution in [1.29, 1.82) is 0 Å². The van der Waals surface area contributed by atoms with Gasteiger partial charge in [-0.25, -0.2) is 0 Å². The van der Waals surface area contributed by atoms with Crippen LogP contribution >= 0.6 is 0 Å². The molecule has 1 N–H and O–H groups in total. The largest absolute Gasteiger partial charge is 0.317 e. The van der Waals surface area contributed by atoms with Gasteiger partial charge in [0, 0.05) is 0 Å². The van der Waals surface area contributed by atoms with E-state index in [1.807, 2.05) is 0 Å². The van der Waals surface area contributed by atoms with Gasteiger partial charge in [0.05, 0.1) is 0 Å². The molecule has 1 fully saturated rings. The molecule has 0 spiro atoms. The van der Waals surface area contributed by atoms with E-state index in [0.29, 0.717) is 0 Å². The molecule has 0 aliphatic heterocycles. The fourth-order valence-electron chi connectivity index (χ4n) is 2.58. The molecule has 0 radical (unpaired) electrons. The molecule has 1 aliphatic rings. The topological polar surface area (TPSA) is 12.0 Å². The molecule has 1 aromatic rings. The second-order valence-electron chi connectivity index (χ2n) is 5.75. The van der Waals surface area contributed by atoms with E-state index in [0.717, 1.165) is 24.3 Å². The number of nitrogens with one attached hydrogen (secondary N) is 1. The summed E-state index contributed by atoms with van der Waals surface area (Å²) in [6.07, 6.45) is 2.57. The summed E-state index contributed by atoms with van der Waals surface area (Å²) in [5, 5.41) is 3.45. The predicted octanol–water partition coefficient (Wildman–Crippen LogP) is 3.60. The molecule has 0 bridgehead atoms. The van der Waals surface area contributed by atoms with Gasteiger partial charge in [0.25, 0.3) is 0 Å². The molecule has 1 nitrogen and oxygen atoms in total. The number of benzene rings is 1. The zero-order valence-corrected chi connectivity index (χ0v) is 11.4. The molecule has 0 amide bonds. The smallest absolute Gasteiger partial charge is 0.00146 e. The van der Waals surface area contributed by atoms with E-state index < -0.39 is 0 Å². The van der Waals surface area contributed by atoms with Crippen LogP contribution in [0.15, 0.2) is 24.3 Å². The molecule has 0 aromatic heterocycles. The van der Waals surface area contributed by atoms with E-state index in [1.54, 1.807) is 5.56 Å². The van der Waals surface area contributed by atoms with Crippen LogP contribution in [0.1, 0.15) is 44.2 Å². The zero-order valence-electron chi connectivity index (χ0n) is 11.4. The van der Waals surface area contributed by atoms with Gasteiger partial charge in [-0.05, 0) is 54.8 Å². The fraction of sp³-hybridized carbons (Fsp3) is 0.625. The van der Waals surface area contributed by atoms with Crippen LogP contribution < -0.4 is 5.32 Å². The van der Waals surface area contributed by atoms with Crippen LogP contribution in [-0.2, 0) is 6.42 Å². The van der Waals surface area contributed by atoms with Crippen LogP contribution in [-0.4, -0.2) is 13.1 Å². The number of hydrogen-bond acceptors (Lipinski definition) is 1. The minimum Gasteiger partial charge on any atom is -0.317 e.